The number of benzene rings is 2. The second-order valence-corrected chi connectivity index (χ2v) is 6.68. The van der Waals surface area contributed by atoms with Gasteiger partial charge in [-0.25, -0.2) is 4.39 Å². The zero-order valence-corrected chi connectivity index (χ0v) is 19.5. The predicted molar refractivity (Wildman–Crippen MR) is 127 cm³/mol. The summed E-state index contributed by atoms with van der Waals surface area (Å²) in [6.45, 7) is 5.12. The van der Waals surface area contributed by atoms with Gasteiger partial charge in [-0.2, -0.15) is 0 Å². The zero-order chi connectivity index (χ0) is 20.4. The SMILES string of the molecule is CCC(C)NC(=O)c1cccc(CNC(=NC)NCCc2ccccc2F)c1.I. The van der Waals surface area contributed by atoms with E-state index >= 15 is 0 Å². The van der Waals surface area contributed by atoms with E-state index in [0.29, 0.717) is 36.6 Å². The van der Waals surface area contributed by atoms with Crippen molar-refractivity contribution in [3.63, 3.8) is 0 Å². The van der Waals surface area contributed by atoms with Crippen molar-refractivity contribution in [3.05, 3.63) is 71.0 Å². The summed E-state index contributed by atoms with van der Waals surface area (Å²) in [6, 6.07) is 14.4. The standard InChI is InChI=1S/C22H29FN4O.HI/c1-4-16(2)27-21(28)19-10-7-8-17(14-19)15-26-22(24-3)25-13-12-18-9-5-6-11-20(18)23;/h5-11,14,16H,4,12-13,15H2,1-3H3,(H,27,28)(H2,24,25,26);1H. The van der Waals surface area contributed by atoms with E-state index in [9.17, 15) is 9.18 Å². The van der Waals surface area contributed by atoms with Gasteiger partial charge in [0.1, 0.15) is 5.82 Å². The smallest absolute Gasteiger partial charge is 0.251 e. The highest BCUT2D eigenvalue weighted by Crippen LogP contribution is 2.07. The molecule has 0 heterocycles. The molecule has 0 aromatic heterocycles. The van der Waals surface area contributed by atoms with E-state index in [1.165, 1.54) is 6.07 Å². The summed E-state index contributed by atoms with van der Waals surface area (Å²) in [7, 11) is 1.69. The highest BCUT2D eigenvalue weighted by molar-refractivity contribution is 14.0. The largest absolute Gasteiger partial charge is 0.356 e. The molecule has 0 fully saturated rings. The number of hydrogen-bond acceptors (Lipinski definition) is 2. The number of aliphatic imine (C=N–C) groups is 1. The van der Waals surface area contributed by atoms with Gasteiger partial charge in [0, 0.05) is 31.7 Å². The monoisotopic (exact) mass is 512 g/mol. The second kappa shape index (κ2) is 13.1. The van der Waals surface area contributed by atoms with E-state index in [-0.39, 0.29) is 41.7 Å². The predicted octanol–water partition coefficient (Wildman–Crippen LogP) is 3.88. The van der Waals surface area contributed by atoms with Gasteiger partial charge in [-0.3, -0.25) is 9.79 Å². The lowest BCUT2D eigenvalue weighted by Gasteiger charge is -2.14. The van der Waals surface area contributed by atoms with Crippen molar-refractivity contribution in [1.82, 2.24) is 16.0 Å². The molecule has 2 aromatic carbocycles. The first-order valence-corrected chi connectivity index (χ1v) is 9.61. The highest BCUT2D eigenvalue weighted by Gasteiger charge is 2.09. The Kier molecular flexibility index (Phi) is 11.3. The molecule has 0 saturated heterocycles. The van der Waals surface area contributed by atoms with Crippen molar-refractivity contribution >= 4 is 35.8 Å². The number of nitrogens with one attached hydrogen (secondary N) is 3. The van der Waals surface area contributed by atoms with Crippen LogP contribution in [0.25, 0.3) is 0 Å². The van der Waals surface area contributed by atoms with Crippen LogP contribution >= 0.6 is 24.0 Å². The first-order chi connectivity index (χ1) is 13.5. The summed E-state index contributed by atoms with van der Waals surface area (Å²) in [5.41, 5.74) is 2.29. The first kappa shape index (κ1) is 24.9. The molecular weight excluding hydrogens is 482 g/mol. The van der Waals surface area contributed by atoms with Crippen LogP contribution < -0.4 is 16.0 Å². The van der Waals surface area contributed by atoms with Crippen LogP contribution in [0, 0.1) is 5.82 Å². The molecule has 7 heteroatoms. The van der Waals surface area contributed by atoms with Gasteiger partial charge in [0.05, 0.1) is 0 Å². The Balaban J connectivity index is 0.00000420. The van der Waals surface area contributed by atoms with Crippen LogP contribution in [0.5, 0.6) is 0 Å². The van der Waals surface area contributed by atoms with Crippen LogP contribution in [0.4, 0.5) is 4.39 Å². The number of rotatable bonds is 8. The van der Waals surface area contributed by atoms with Crippen molar-refractivity contribution in [2.45, 2.75) is 39.3 Å². The van der Waals surface area contributed by atoms with Crippen LogP contribution in [-0.4, -0.2) is 31.5 Å². The van der Waals surface area contributed by atoms with Gasteiger partial charge < -0.3 is 16.0 Å². The van der Waals surface area contributed by atoms with Crippen LogP contribution in [0.1, 0.15) is 41.8 Å². The lowest BCUT2D eigenvalue weighted by atomic mass is 10.1. The molecule has 0 aliphatic carbocycles. The van der Waals surface area contributed by atoms with Crippen molar-refractivity contribution < 1.29 is 9.18 Å². The van der Waals surface area contributed by atoms with Gasteiger partial charge in [-0.15, -0.1) is 24.0 Å². The third kappa shape index (κ3) is 8.39. The summed E-state index contributed by atoms with van der Waals surface area (Å²) >= 11 is 0. The molecule has 0 radical (unpaired) electrons. The van der Waals surface area contributed by atoms with E-state index < -0.39 is 0 Å². The van der Waals surface area contributed by atoms with E-state index in [1.807, 2.05) is 44.2 Å². The molecule has 158 valence electrons. The first-order valence-electron chi connectivity index (χ1n) is 9.61. The maximum atomic E-state index is 13.7. The van der Waals surface area contributed by atoms with Crippen LogP contribution in [0.15, 0.2) is 53.5 Å². The third-order valence-electron chi connectivity index (χ3n) is 4.51. The Morgan fingerprint density at radius 3 is 2.59 bits per heavy atom. The number of halogens is 2. The molecule has 0 aliphatic heterocycles. The second-order valence-electron chi connectivity index (χ2n) is 6.68. The summed E-state index contributed by atoms with van der Waals surface area (Å²) in [4.78, 5) is 16.5. The number of nitrogens with zero attached hydrogens (tertiary/aromatic N) is 1. The normalized spacial score (nSPS) is 11.9. The summed E-state index contributed by atoms with van der Waals surface area (Å²) in [5.74, 6) is 0.370. The lowest BCUT2D eigenvalue weighted by molar-refractivity contribution is 0.0939. The minimum Gasteiger partial charge on any atom is -0.356 e. The van der Waals surface area contributed by atoms with E-state index in [1.54, 1.807) is 19.2 Å². The molecule has 29 heavy (non-hydrogen) atoms. The molecule has 1 atom stereocenters. The average Bonchev–Trinajstić information content (AvgIpc) is 2.71. The van der Waals surface area contributed by atoms with Gasteiger partial charge >= 0.3 is 0 Å². The minimum absolute atomic E-state index is 0. The molecule has 5 nitrogen and oxygen atoms in total. The van der Waals surface area contributed by atoms with Crippen LogP contribution in [0.2, 0.25) is 0 Å². The molecule has 2 aromatic rings. The van der Waals surface area contributed by atoms with Crippen molar-refractivity contribution in [1.29, 1.82) is 0 Å². The average molecular weight is 512 g/mol. The number of guanidine groups is 1. The highest BCUT2D eigenvalue weighted by atomic mass is 127. The van der Waals surface area contributed by atoms with Crippen LogP contribution in [0.3, 0.4) is 0 Å². The molecule has 3 N–H and O–H groups in total. The minimum atomic E-state index is -0.195. The van der Waals surface area contributed by atoms with Gasteiger partial charge in [0.25, 0.3) is 5.91 Å². The maximum Gasteiger partial charge on any atom is 0.251 e. The lowest BCUT2D eigenvalue weighted by Crippen LogP contribution is -2.38. The maximum absolute atomic E-state index is 13.7. The van der Waals surface area contributed by atoms with Gasteiger partial charge in [-0.05, 0) is 49.1 Å². The van der Waals surface area contributed by atoms with Gasteiger partial charge in [-0.1, -0.05) is 37.3 Å². The Labute approximate surface area is 189 Å². The fourth-order valence-corrected chi connectivity index (χ4v) is 2.65. The summed E-state index contributed by atoms with van der Waals surface area (Å²) in [5, 5.41) is 9.37. The van der Waals surface area contributed by atoms with E-state index in [2.05, 4.69) is 20.9 Å². The molecule has 2 rings (SSSR count). The zero-order valence-electron chi connectivity index (χ0n) is 17.2. The summed E-state index contributed by atoms with van der Waals surface area (Å²) < 4.78 is 13.7. The Morgan fingerprint density at radius 2 is 1.90 bits per heavy atom. The molecule has 1 amide bonds. The number of hydrogen-bond donors (Lipinski definition) is 3. The molecule has 1 unspecified atom stereocenters. The van der Waals surface area contributed by atoms with Crippen molar-refractivity contribution in [2.75, 3.05) is 13.6 Å². The fraction of sp³-hybridized carbons (Fsp3) is 0.364. The van der Waals surface area contributed by atoms with Gasteiger partial charge in [0.2, 0.25) is 0 Å². The third-order valence-corrected chi connectivity index (χ3v) is 4.51. The van der Waals surface area contributed by atoms with Crippen molar-refractivity contribution in [3.8, 4) is 0 Å². The molecular formula is C22H30FIN4O. The molecule has 0 aliphatic rings. The number of carbonyl (C=O) groups excluding carboxylic acids is 1. The Bertz CT molecular complexity index is 813. The van der Waals surface area contributed by atoms with E-state index in [4.69, 9.17) is 0 Å². The fourth-order valence-electron chi connectivity index (χ4n) is 2.65. The summed E-state index contributed by atoms with van der Waals surface area (Å²) in [6.07, 6.45) is 1.46. The molecule has 0 bridgehead atoms. The van der Waals surface area contributed by atoms with Crippen molar-refractivity contribution in [2.24, 2.45) is 4.99 Å². The van der Waals surface area contributed by atoms with E-state index in [0.717, 1.165) is 12.0 Å². The molecule has 0 saturated carbocycles. The number of amides is 1. The Hall–Kier alpha value is -2.16. The number of carbonyl (C=O) groups is 1. The Morgan fingerprint density at radius 1 is 1.14 bits per heavy atom. The quantitative estimate of drug-likeness (QED) is 0.286. The topological polar surface area (TPSA) is 65.5 Å². The van der Waals surface area contributed by atoms with Gasteiger partial charge in [0.15, 0.2) is 5.96 Å². The molecule has 0 spiro atoms. The van der Waals surface area contributed by atoms with Crippen LogP contribution in [-0.2, 0) is 13.0 Å².